The molecule has 1 saturated heterocycles. The summed E-state index contributed by atoms with van der Waals surface area (Å²) >= 11 is 0. The van der Waals surface area contributed by atoms with Gasteiger partial charge in [-0.2, -0.15) is 0 Å². The minimum atomic E-state index is -0.766. The Morgan fingerprint density at radius 3 is 2.72 bits per heavy atom. The Balaban J connectivity index is 2.08. The number of Topliss-reactive ketones (excluding diaryl/α,β-unsaturated/α-hetero) is 1. The topological polar surface area (TPSA) is 29.5 Å². The SMILES string of the molecule is CN1CO[C@@]2(C1)C(=O)c1cccc3cccc2c13. The predicted octanol–water partition coefficient (Wildman–Crippen LogP) is 2.15. The van der Waals surface area contributed by atoms with Crippen molar-refractivity contribution < 1.29 is 9.53 Å². The van der Waals surface area contributed by atoms with E-state index in [2.05, 4.69) is 0 Å². The third kappa shape index (κ3) is 1.04. The molecule has 0 N–H and O–H groups in total. The molecule has 0 aromatic heterocycles. The highest BCUT2D eigenvalue weighted by atomic mass is 16.5. The number of carbonyl (C=O) groups is 1. The van der Waals surface area contributed by atoms with Crippen LogP contribution >= 0.6 is 0 Å². The predicted molar refractivity (Wildman–Crippen MR) is 68.5 cm³/mol. The number of ether oxygens (including phenoxy) is 1. The van der Waals surface area contributed by atoms with E-state index in [4.69, 9.17) is 4.74 Å². The second-order valence-electron chi connectivity index (χ2n) is 5.15. The number of likely N-dealkylation sites (N-methyl/N-ethyl adjacent to an activating group) is 1. The number of hydrogen-bond donors (Lipinski definition) is 0. The Morgan fingerprint density at radius 1 is 1.22 bits per heavy atom. The van der Waals surface area contributed by atoms with Crippen LogP contribution in [0.1, 0.15) is 15.9 Å². The van der Waals surface area contributed by atoms with E-state index in [0.29, 0.717) is 13.3 Å². The van der Waals surface area contributed by atoms with E-state index in [0.717, 1.165) is 21.9 Å². The molecule has 0 radical (unpaired) electrons. The van der Waals surface area contributed by atoms with Gasteiger partial charge in [0.15, 0.2) is 5.60 Å². The molecule has 1 aliphatic heterocycles. The molecule has 0 amide bonds. The van der Waals surface area contributed by atoms with Gasteiger partial charge >= 0.3 is 0 Å². The average molecular weight is 239 g/mol. The van der Waals surface area contributed by atoms with Crippen molar-refractivity contribution in [1.29, 1.82) is 0 Å². The average Bonchev–Trinajstić information content (AvgIpc) is 2.88. The molecular weight excluding hydrogens is 226 g/mol. The molecule has 3 nitrogen and oxygen atoms in total. The first kappa shape index (κ1) is 10.2. The van der Waals surface area contributed by atoms with Crippen LogP contribution in [0.4, 0.5) is 0 Å². The number of rotatable bonds is 0. The lowest BCUT2D eigenvalue weighted by Crippen LogP contribution is -2.36. The molecule has 90 valence electrons. The highest BCUT2D eigenvalue weighted by Crippen LogP contribution is 2.45. The van der Waals surface area contributed by atoms with Crippen molar-refractivity contribution in [1.82, 2.24) is 4.90 Å². The molecule has 2 aromatic rings. The third-order valence-electron chi connectivity index (χ3n) is 3.98. The molecule has 3 heteroatoms. The zero-order chi connectivity index (χ0) is 12.3. The Hall–Kier alpha value is -1.71. The molecule has 1 spiro atoms. The first-order chi connectivity index (χ1) is 8.72. The molecule has 2 aromatic carbocycles. The summed E-state index contributed by atoms with van der Waals surface area (Å²) in [5, 5.41) is 2.19. The molecule has 0 unspecified atom stereocenters. The summed E-state index contributed by atoms with van der Waals surface area (Å²) in [5.74, 6) is 0.110. The number of benzene rings is 2. The van der Waals surface area contributed by atoms with Crippen LogP contribution in [-0.4, -0.2) is 31.0 Å². The van der Waals surface area contributed by atoms with Crippen LogP contribution in [0.5, 0.6) is 0 Å². The van der Waals surface area contributed by atoms with Gasteiger partial charge in [-0.05, 0) is 17.8 Å². The van der Waals surface area contributed by atoms with Crippen LogP contribution in [0.25, 0.3) is 10.8 Å². The lowest BCUT2D eigenvalue weighted by molar-refractivity contribution is 0.0127. The van der Waals surface area contributed by atoms with Gasteiger partial charge in [-0.15, -0.1) is 0 Å². The van der Waals surface area contributed by atoms with Gasteiger partial charge in [-0.1, -0.05) is 36.4 Å². The van der Waals surface area contributed by atoms with Crippen LogP contribution in [0.2, 0.25) is 0 Å². The van der Waals surface area contributed by atoms with Gasteiger partial charge in [0, 0.05) is 17.7 Å². The summed E-state index contributed by atoms with van der Waals surface area (Å²) in [6, 6.07) is 12.0. The summed E-state index contributed by atoms with van der Waals surface area (Å²) in [6.07, 6.45) is 0. The van der Waals surface area contributed by atoms with Gasteiger partial charge in [-0.3, -0.25) is 9.69 Å². The fourth-order valence-corrected chi connectivity index (χ4v) is 3.20. The Kier molecular flexibility index (Phi) is 1.81. The quantitative estimate of drug-likeness (QED) is 0.705. The zero-order valence-electron chi connectivity index (χ0n) is 10.1. The number of hydrogen-bond acceptors (Lipinski definition) is 3. The molecule has 0 bridgehead atoms. The second-order valence-corrected chi connectivity index (χ2v) is 5.15. The Bertz CT molecular complexity index is 674. The van der Waals surface area contributed by atoms with E-state index in [1.54, 1.807) is 0 Å². The highest BCUT2D eigenvalue weighted by molar-refractivity contribution is 6.19. The van der Waals surface area contributed by atoms with E-state index in [-0.39, 0.29) is 5.78 Å². The standard InChI is InChI=1S/C15H13NO2/c1-16-8-15(18-9-16)12-7-3-5-10-4-2-6-11(13(10)12)14(15)17/h2-7H,8-9H2,1H3/t15-/m1/s1. The lowest BCUT2D eigenvalue weighted by Gasteiger charge is -2.21. The van der Waals surface area contributed by atoms with Crippen molar-refractivity contribution >= 4 is 16.6 Å². The van der Waals surface area contributed by atoms with E-state index in [1.807, 2.05) is 48.3 Å². The first-order valence-corrected chi connectivity index (χ1v) is 6.12. The molecule has 1 atom stereocenters. The van der Waals surface area contributed by atoms with Crippen LogP contribution in [0.3, 0.4) is 0 Å². The maximum absolute atomic E-state index is 12.7. The number of nitrogens with zero attached hydrogens (tertiary/aromatic N) is 1. The number of ketones is 1. The zero-order valence-corrected chi connectivity index (χ0v) is 10.1. The van der Waals surface area contributed by atoms with Crippen molar-refractivity contribution in [2.24, 2.45) is 0 Å². The highest BCUT2D eigenvalue weighted by Gasteiger charge is 2.52. The summed E-state index contributed by atoms with van der Waals surface area (Å²) in [6.45, 7) is 1.15. The van der Waals surface area contributed by atoms with Gasteiger partial charge in [0.1, 0.15) is 6.73 Å². The van der Waals surface area contributed by atoms with Crippen LogP contribution in [0.15, 0.2) is 36.4 Å². The summed E-state index contributed by atoms with van der Waals surface area (Å²) in [4.78, 5) is 14.7. The summed E-state index contributed by atoms with van der Waals surface area (Å²) in [7, 11) is 1.98. The van der Waals surface area contributed by atoms with Crippen molar-refractivity contribution in [3.05, 3.63) is 47.5 Å². The number of fused-ring (bicyclic) bond motifs is 1. The van der Waals surface area contributed by atoms with E-state index < -0.39 is 5.60 Å². The summed E-state index contributed by atoms with van der Waals surface area (Å²) < 4.78 is 5.88. The monoisotopic (exact) mass is 239 g/mol. The maximum Gasteiger partial charge on any atom is 0.201 e. The molecule has 1 heterocycles. The smallest absolute Gasteiger partial charge is 0.201 e. The van der Waals surface area contributed by atoms with E-state index in [9.17, 15) is 4.79 Å². The fourth-order valence-electron chi connectivity index (χ4n) is 3.20. The van der Waals surface area contributed by atoms with Gasteiger partial charge in [0.2, 0.25) is 5.78 Å². The van der Waals surface area contributed by atoms with Crippen LogP contribution < -0.4 is 0 Å². The Morgan fingerprint density at radius 2 is 2.00 bits per heavy atom. The van der Waals surface area contributed by atoms with Crippen LogP contribution in [0, 0.1) is 0 Å². The third-order valence-corrected chi connectivity index (χ3v) is 3.98. The number of carbonyl (C=O) groups excluding carboxylic acids is 1. The molecule has 0 saturated carbocycles. The molecule has 1 fully saturated rings. The second kappa shape index (κ2) is 3.19. The molecule has 18 heavy (non-hydrogen) atoms. The fraction of sp³-hybridized carbons (Fsp3) is 0.267. The lowest BCUT2D eigenvalue weighted by atomic mass is 9.94. The largest absolute Gasteiger partial charge is 0.345 e. The van der Waals surface area contributed by atoms with Crippen molar-refractivity contribution in [3.63, 3.8) is 0 Å². The summed E-state index contributed by atoms with van der Waals surface area (Å²) in [5.41, 5.74) is 1.07. The molecular formula is C15H13NO2. The minimum Gasteiger partial charge on any atom is -0.345 e. The van der Waals surface area contributed by atoms with E-state index >= 15 is 0 Å². The van der Waals surface area contributed by atoms with Gasteiger partial charge in [0.25, 0.3) is 0 Å². The molecule has 1 aliphatic carbocycles. The van der Waals surface area contributed by atoms with Crippen LogP contribution in [-0.2, 0) is 10.3 Å². The van der Waals surface area contributed by atoms with Crippen molar-refractivity contribution in [3.8, 4) is 0 Å². The minimum absolute atomic E-state index is 0.110. The van der Waals surface area contributed by atoms with Gasteiger partial charge < -0.3 is 4.74 Å². The first-order valence-electron chi connectivity index (χ1n) is 6.12. The van der Waals surface area contributed by atoms with E-state index in [1.165, 1.54) is 0 Å². The van der Waals surface area contributed by atoms with Gasteiger partial charge in [0.05, 0.1) is 0 Å². The van der Waals surface area contributed by atoms with Gasteiger partial charge in [-0.25, -0.2) is 0 Å². The Labute approximate surface area is 105 Å². The normalized spacial score (nSPS) is 26.6. The molecule has 2 aliphatic rings. The maximum atomic E-state index is 12.7. The molecule has 4 rings (SSSR count). The van der Waals surface area contributed by atoms with Crippen molar-refractivity contribution in [2.75, 3.05) is 20.3 Å². The van der Waals surface area contributed by atoms with Crippen molar-refractivity contribution in [2.45, 2.75) is 5.60 Å².